The Bertz CT molecular complexity index is 415. The largest absolute Gasteiger partial charge is 0.496 e. The Kier molecular flexibility index (Phi) is 4.49. The second kappa shape index (κ2) is 5.65. The third-order valence-corrected chi connectivity index (χ3v) is 2.38. The van der Waals surface area contributed by atoms with Crippen molar-refractivity contribution in [2.75, 3.05) is 13.7 Å². The van der Waals surface area contributed by atoms with Gasteiger partial charge in [0.25, 0.3) is 0 Å². The third-order valence-electron chi connectivity index (χ3n) is 1.92. The Morgan fingerprint density at radius 3 is 2.69 bits per heavy atom. The van der Waals surface area contributed by atoms with Gasteiger partial charge in [-0.2, -0.15) is 0 Å². The van der Waals surface area contributed by atoms with Gasteiger partial charge in [-0.1, -0.05) is 15.9 Å². The number of benzene rings is 1. The van der Waals surface area contributed by atoms with Crippen LogP contribution in [0.4, 0.5) is 0 Å². The van der Waals surface area contributed by atoms with Crippen LogP contribution < -0.4 is 4.74 Å². The van der Waals surface area contributed by atoms with E-state index in [1.54, 1.807) is 19.1 Å². The Balaban J connectivity index is 3.32. The molecule has 0 N–H and O–H groups in total. The monoisotopic (exact) mass is 286 g/mol. The number of halogens is 1. The third kappa shape index (κ3) is 2.61. The first-order valence-electron chi connectivity index (χ1n) is 4.63. The van der Waals surface area contributed by atoms with Crippen LogP contribution in [0.25, 0.3) is 0 Å². The summed E-state index contributed by atoms with van der Waals surface area (Å²) in [5.74, 6) is -0.246. The standard InChI is InChI=1S/C11H11BrO4/c1-3-16-11(14)10-7(6-13)4-8(12)5-9(10)15-2/h4-6H,3H2,1-2H3. The van der Waals surface area contributed by atoms with Gasteiger partial charge in [-0.25, -0.2) is 4.79 Å². The van der Waals surface area contributed by atoms with Crippen LogP contribution in [-0.4, -0.2) is 26.0 Å². The Morgan fingerprint density at radius 2 is 2.19 bits per heavy atom. The summed E-state index contributed by atoms with van der Waals surface area (Å²) in [5.41, 5.74) is 0.396. The molecule has 86 valence electrons. The first kappa shape index (κ1) is 12.7. The minimum atomic E-state index is -0.561. The number of methoxy groups -OCH3 is 1. The van der Waals surface area contributed by atoms with E-state index in [9.17, 15) is 9.59 Å². The number of hydrogen-bond donors (Lipinski definition) is 0. The van der Waals surface area contributed by atoms with Crippen LogP contribution in [0.2, 0.25) is 0 Å². The Hall–Kier alpha value is -1.36. The quantitative estimate of drug-likeness (QED) is 0.630. The highest BCUT2D eigenvalue weighted by Gasteiger charge is 2.19. The predicted octanol–water partition coefficient (Wildman–Crippen LogP) is 2.45. The molecule has 4 nitrogen and oxygen atoms in total. The predicted molar refractivity (Wildman–Crippen MR) is 62.0 cm³/mol. The van der Waals surface area contributed by atoms with E-state index >= 15 is 0 Å². The molecule has 5 heteroatoms. The minimum Gasteiger partial charge on any atom is -0.496 e. The summed E-state index contributed by atoms with van der Waals surface area (Å²) in [7, 11) is 1.43. The van der Waals surface area contributed by atoms with Crippen LogP contribution >= 0.6 is 15.9 Å². The molecular formula is C11H11BrO4. The summed E-state index contributed by atoms with van der Waals surface area (Å²) in [6.45, 7) is 1.94. The molecule has 0 fully saturated rings. The second-order valence-corrected chi connectivity index (χ2v) is 3.83. The highest BCUT2D eigenvalue weighted by atomic mass is 79.9. The lowest BCUT2D eigenvalue weighted by molar-refractivity contribution is 0.0520. The number of aldehydes is 1. The van der Waals surface area contributed by atoms with Crippen LogP contribution in [-0.2, 0) is 4.74 Å². The van der Waals surface area contributed by atoms with Crippen LogP contribution in [0.15, 0.2) is 16.6 Å². The number of carbonyl (C=O) groups excluding carboxylic acids is 2. The van der Waals surface area contributed by atoms with Gasteiger partial charge in [-0.05, 0) is 19.1 Å². The fourth-order valence-electron chi connectivity index (χ4n) is 1.28. The van der Waals surface area contributed by atoms with Crippen molar-refractivity contribution < 1.29 is 19.1 Å². The lowest BCUT2D eigenvalue weighted by Crippen LogP contribution is -2.10. The molecule has 0 aromatic heterocycles. The molecule has 0 amide bonds. The number of carbonyl (C=O) groups is 2. The first-order chi connectivity index (χ1) is 7.63. The van der Waals surface area contributed by atoms with Crippen LogP contribution in [0, 0.1) is 0 Å². The molecular weight excluding hydrogens is 276 g/mol. The van der Waals surface area contributed by atoms with E-state index in [-0.39, 0.29) is 17.7 Å². The maximum absolute atomic E-state index is 11.6. The van der Waals surface area contributed by atoms with Gasteiger partial charge in [-0.3, -0.25) is 4.79 Å². The van der Waals surface area contributed by atoms with Crippen molar-refractivity contribution in [3.8, 4) is 5.75 Å². The van der Waals surface area contributed by atoms with E-state index < -0.39 is 5.97 Å². The van der Waals surface area contributed by atoms with Crippen molar-refractivity contribution in [1.82, 2.24) is 0 Å². The summed E-state index contributed by atoms with van der Waals surface area (Å²) >= 11 is 3.23. The maximum Gasteiger partial charge on any atom is 0.342 e. The molecule has 0 aliphatic carbocycles. The minimum absolute atomic E-state index is 0.155. The topological polar surface area (TPSA) is 52.6 Å². The Labute approximate surface area is 102 Å². The van der Waals surface area contributed by atoms with E-state index in [1.165, 1.54) is 7.11 Å². The Morgan fingerprint density at radius 1 is 1.50 bits per heavy atom. The van der Waals surface area contributed by atoms with E-state index in [0.29, 0.717) is 16.5 Å². The molecule has 0 radical (unpaired) electrons. The van der Waals surface area contributed by atoms with Crippen LogP contribution in [0.3, 0.4) is 0 Å². The van der Waals surface area contributed by atoms with E-state index in [4.69, 9.17) is 9.47 Å². The molecule has 0 aliphatic rings. The zero-order chi connectivity index (χ0) is 12.1. The molecule has 1 aromatic rings. The average molecular weight is 287 g/mol. The summed E-state index contributed by atoms with van der Waals surface area (Å²) in [5, 5.41) is 0. The molecule has 0 unspecified atom stereocenters. The van der Waals surface area contributed by atoms with Gasteiger partial charge in [0.05, 0.1) is 13.7 Å². The summed E-state index contributed by atoms with van der Waals surface area (Å²) in [4.78, 5) is 22.5. The van der Waals surface area contributed by atoms with Crippen molar-refractivity contribution in [3.05, 3.63) is 27.7 Å². The summed E-state index contributed by atoms with van der Waals surface area (Å²) in [6, 6.07) is 3.15. The number of ether oxygens (including phenoxy) is 2. The number of esters is 1. The molecule has 0 atom stereocenters. The molecule has 0 spiro atoms. The molecule has 16 heavy (non-hydrogen) atoms. The highest BCUT2D eigenvalue weighted by Crippen LogP contribution is 2.27. The molecule has 0 saturated carbocycles. The van der Waals surface area contributed by atoms with Crippen LogP contribution in [0.1, 0.15) is 27.6 Å². The maximum atomic E-state index is 11.6. The van der Waals surface area contributed by atoms with Crippen molar-refractivity contribution in [2.24, 2.45) is 0 Å². The molecule has 1 rings (SSSR count). The molecule has 0 heterocycles. The van der Waals surface area contributed by atoms with E-state index in [1.807, 2.05) is 0 Å². The van der Waals surface area contributed by atoms with Gasteiger partial charge in [0.2, 0.25) is 0 Å². The smallest absolute Gasteiger partial charge is 0.342 e. The van der Waals surface area contributed by atoms with Crippen LogP contribution in [0.5, 0.6) is 5.75 Å². The normalized spacial score (nSPS) is 9.69. The van der Waals surface area contributed by atoms with E-state index in [0.717, 1.165) is 0 Å². The average Bonchev–Trinajstić information content (AvgIpc) is 2.27. The number of hydrogen-bond acceptors (Lipinski definition) is 4. The second-order valence-electron chi connectivity index (χ2n) is 2.91. The van der Waals surface area contributed by atoms with Crippen molar-refractivity contribution in [1.29, 1.82) is 0 Å². The molecule has 1 aromatic carbocycles. The molecule has 0 aliphatic heterocycles. The van der Waals surface area contributed by atoms with Crippen molar-refractivity contribution in [3.63, 3.8) is 0 Å². The van der Waals surface area contributed by atoms with Gasteiger partial charge in [-0.15, -0.1) is 0 Å². The van der Waals surface area contributed by atoms with Crippen molar-refractivity contribution >= 4 is 28.2 Å². The lowest BCUT2D eigenvalue weighted by atomic mass is 10.1. The SMILES string of the molecule is CCOC(=O)c1c(C=O)cc(Br)cc1OC. The number of rotatable bonds is 4. The zero-order valence-electron chi connectivity index (χ0n) is 8.95. The zero-order valence-corrected chi connectivity index (χ0v) is 10.5. The van der Waals surface area contributed by atoms with Gasteiger partial charge < -0.3 is 9.47 Å². The van der Waals surface area contributed by atoms with E-state index in [2.05, 4.69) is 15.9 Å². The first-order valence-corrected chi connectivity index (χ1v) is 5.43. The highest BCUT2D eigenvalue weighted by molar-refractivity contribution is 9.10. The molecule has 0 saturated heterocycles. The van der Waals surface area contributed by atoms with Crippen molar-refractivity contribution in [2.45, 2.75) is 6.92 Å². The fraction of sp³-hybridized carbons (Fsp3) is 0.273. The van der Waals surface area contributed by atoms with Gasteiger partial charge >= 0.3 is 5.97 Å². The lowest BCUT2D eigenvalue weighted by Gasteiger charge is -2.10. The molecule has 0 bridgehead atoms. The van der Waals surface area contributed by atoms with Gasteiger partial charge in [0.1, 0.15) is 11.3 Å². The fourth-order valence-corrected chi connectivity index (χ4v) is 1.73. The summed E-state index contributed by atoms with van der Waals surface area (Å²) in [6.07, 6.45) is 0.597. The summed E-state index contributed by atoms with van der Waals surface area (Å²) < 4.78 is 10.6. The van der Waals surface area contributed by atoms with Gasteiger partial charge in [0.15, 0.2) is 6.29 Å². The van der Waals surface area contributed by atoms with Gasteiger partial charge in [0, 0.05) is 10.0 Å².